The zero-order chi connectivity index (χ0) is 20.1. The molecule has 5 nitrogen and oxygen atoms in total. The van der Waals surface area contributed by atoms with Gasteiger partial charge in [0.05, 0.1) is 12.6 Å². The molecule has 0 aliphatic carbocycles. The van der Waals surface area contributed by atoms with Crippen molar-refractivity contribution in [1.82, 2.24) is 5.32 Å². The number of aliphatic hydroxyl groups is 1. The Hall–Kier alpha value is -2.63. The molecule has 2 aliphatic rings. The molecule has 1 spiro atoms. The molecule has 2 amide bonds. The summed E-state index contributed by atoms with van der Waals surface area (Å²) in [6.07, 6.45) is 0.161. The molecule has 1 fully saturated rings. The number of anilines is 1. The molecule has 2 heterocycles. The van der Waals surface area contributed by atoms with Gasteiger partial charge in [0.1, 0.15) is 5.41 Å². The zero-order valence-corrected chi connectivity index (χ0v) is 16.2. The van der Waals surface area contributed by atoms with Crippen LogP contribution in [0.4, 0.5) is 5.69 Å². The van der Waals surface area contributed by atoms with Crippen LogP contribution in [0.1, 0.15) is 29.0 Å². The van der Waals surface area contributed by atoms with E-state index in [-0.39, 0.29) is 24.8 Å². The summed E-state index contributed by atoms with van der Waals surface area (Å²) in [4.78, 5) is 26.1. The standard InChI is InChI=1S/C22H21ClN2O3/c1-12-4-3-5-14(8-12)17-10-19(27)25-20(13(2)11-26)22(17)16-7-6-15(23)9-18(16)24-21(22)28/h3-9,17,20,26H,2,10-11H2,1H3,(H,24,28)(H,25,27)/t17-,20+,22-/m0/s1. The number of hydrogen-bond acceptors (Lipinski definition) is 3. The van der Waals surface area contributed by atoms with Crippen LogP contribution in [0.5, 0.6) is 0 Å². The van der Waals surface area contributed by atoms with Gasteiger partial charge in [0.2, 0.25) is 11.8 Å². The van der Waals surface area contributed by atoms with Gasteiger partial charge >= 0.3 is 0 Å². The number of amides is 2. The lowest BCUT2D eigenvalue weighted by Gasteiger charge is -2.46. The van der Waals surface area contributed by atoms with Gasteiger partial charge < -0.3 is 15.7 Å². The Labute approximate surface area is 168 Å². The first-order chi connectivity index (χ1) is 13.4. The van der Waals surface area contributed by atoms with E-state index in [0.717, 1.165) is 16.7 Å². The number of rotatable bonds is 3. The lowest BCUT2D eigenvalue weighted by molar-refractivity contribution is -0.130. The van der Waals surface area contributed by atoms with Crippen molar-refractivity contribution in [1.29, 1.82) is 0 Å². The number of aryl methyl sites for hydroxylation is 1. The van der Waals surface area contributed by atoms with Gasteiger partial charge in [-0.1, -0.05) is 54.1 Å². The number of hydrogen-bond donors (Lipinski definition) is 3. The summed E-state index contributed by atoms with van der Waals surface area (Å²) < 4.78 is 0. The molecule has 0 bridgehead atoms. The van der Waals surface area contributed by atoms with Gasteiger partial charge in [0, 0.05) is 23.0 Å². The Balaban J connectivity index is 2.01. The maximum absolute atomic E-state index is 13.5. The molecular weight excluding hydrogens is 376 g/mol. The number of piperidine rings is 1. The van der Waals surface area contributed by atoms with Crippen molar-refractivity contribution in [2.75, 3.05) is 11.9 Å². The summed E-state index contributed by atoms with van der Waals surface area (Å²) >= 11 is 6.14. The lowest BCUT2D eigenvalue weighted by atomic mass is 9.59. The third kappa shape index (κ3) is 2.65. The third-order valence-electron chi connectivity index (χ3n) is 5.81. The summed E-state index contributed by atoms with van der Waals surface area (Å²) in [5.41, 5.74) is 2.62. The first-order valence-corrected chi connectivity index (χ1v) is 9.51. The van der Waals surface area contributed by atoms with E-state index in [4.69, 9.17) is 11.6 Å². The van der Waals surface area contributed by atoms with E-state index in [0.29, 0.717) is 16.3 Å². The van der Waals surface area contributed by atoms with Crippen LogP contribution < -0.4 is 10.6 Å². The molecule has 2 aromatic rings. The van der Waals surface area contributed by atoms with Crippen molar-refractivity contribution < 1.29 is 14.7 Å². The highest BCUT2D eigenvalue weighted by Gasteiger charge is 2.61. The van der Waals surface area contributed by atoms with Gasteiger partial charge in [-0.05, 0) is 35.8 Å². The topological polar surface area (TPSA) is 78.4 Å². The van der Waals surface area contributed by atoms with Gasteiger partial charge in [0.25, 0.3) is 0 Å². The predicted octanol–water partition coefficient (Wildman–Crippen LogP) is 3.06. The molecule has 1 saturated heterocycles. The lowest BCUT2D eigenvalue weighted by Crippen LogP contribution is -2.62. The van der Waals surface area contributed by atoms with E-state index in [1.165, 1.54) is 0 Å². The normalized spacial score (nSPS) is 26.0. The maximum atomic E-state index is 13.5. The smallest absolute Gasteiger partial charge is 0.238 e. The number of benzene rings is 2. The van der Waals surface area contributed by atoms with Crippen LogP contribution >= 0.6 is 11.6 Å². The van der Waals surface area contributed by atoms with E-state index >= 15 is 0 Å². The minimum Gasteiger partial charge on any atom is -0.392 e. The van der Waals surface area contributed by atoms with Crippen LogP contribution in [-0.2, 0) is 15.0 Å². The number of carbonyl (C=O) groups excluding carboxylic acids is 2. The van der Waals surface area contributed by atoms with Crippen molar-refractivity contribution in [2.45, 2.75) is 30.7 Å². The number of carbonyl (C=O) groups is 2. The molecule has 0 saturated carbocycles. The molecule has 2 aliphatic heterocycles. The van der Waals surface area contributed by atoms with Gasteiger partial charge in [-0.3, -0.25) is 9.59 Å². The van der Waals surface area contributed by atoms with E-state index < -0.39 is 17.4 Å². The highest BCUT2D eigenvalue weighted by atomic mass is 35.5. The predicted molar refractivity (Wildman–Crippen MR) is 108 cm³/mol. The second-order valence-corrected chi connectivity index (χ2v) is 7.94. The summed E-state index contributed by atoms with van der Waals surface area (Å²) in [6, 6.07) is 12.4. The average molecular weight is 397 g/mol. The molecule has 144 valence electrons. The summed E-state index contributed by atoms with van der Waals surface area (Å²) in [7, 11) is 0. The van der Waals surface area contributed by atoms with Crippen LogP contribution in [0.2, 0.25) is 5.02 Å². The van der Waals surface area contributed by atoms with Crippen LogP contribution in [0, 0.1) is 6.92 Å². The maximum Gasteiger partial charge on any atom is 0.238 e. The van der Waals surface area contributed by atoms with E-state index in [9.17, 15) is 14.7 Å². The number of halogens is 1. The van der Waals surface area contributed by atoms with Gasteiger partial charge in [0.15, 0.2) is 0 Å². The van der Waals surface area contributed by atoms with Gasteiger partial charge in [-0.2, -0.15) is 0 Å². The molecule has 4 rings (SSSR count). The highest BCUT2D eigenvalue weighted by Crippen LogP contribution is 2.54. The highest BCUT2D eigenvalue weighted by molar-refractivity contribution is 6.31. The molecule has 6 heteroatoms. The van der Waals surface area contributed by atoms with Gasteiger partial charge in [-0.15, -0.1) is 0 Å². The minimum atomic E-state index is -1.11. The van der Waals surface area contributed by atoms with Crippen molar-refractivity contribution in [3.8, 4) is 0 Å². The fourth-order valence-corrected chi connectivity index (χ4v) is 4.80. The SMILES string of the molecule is C=C(CO)[C@H]1NC(=O)C[C@@H](c2cccc(C)c2)[C@]12C(=O)Nc1cc(Cl)ccc12. The van der Waals surface area contributed by atoms with Crippen LogP contribution in [0.25, 0.3) is 0 Å². The molecule has 0 aromatic heterocycles. The fraction of sp³-hybridized carbons (Fsp3) is 0.273. The summed E-state index contributed by atoms with van der Waals surface area (Å²) in [5, 5.41) is 16.2. The Morgan fingerprint density at radius 3 is 2.79 bits per heavy atom. The summed E-state index contributed by atoms with van der Waals surface area (Å²) in [5.74, 6) is -0.806. The second-order valence-electron chi connectivity index (χ2n) is 7.50. The Kier molecular flexibility index (Phi) is 4.52. The number of fused-ring (bicyclic) bond motifs is 2. The first-order valence-electron chi connectivity index (χ1n) is 9.14. The molecule has 0 unspecified atom stereocenters. The number of nitrogens with one attached hydrogen (secondary N) is 2. The monoisotopic (exact) mass is 396 g/mol. The third-order valence-corrected chi connectivity index (χ3v) is 6.04. The Morgan fingerprint density at radius 2 is 2.07 bits per heavy atom. The molecule has 0 radical (unpaired) electrons. The van der Waals surface area contributed by atoms with Crippen molar-refractivity contribution >= 4 is 29.1 Å². The molecule has 3 N–H and O–H groups in total. The van der Waals surface area contributed by atoms with Crippen molar-refractivity contribution in [3.05, 3.63) is 76.3 Å². The van der Waals surface area contributed by atoms with E-state index in [1.54, 1.807) is 12.1 Å². The van der Waals surface area contributed by atoms with E-state index in [1.807, 2.05) is 37.3 Å². The molecule has 28 heavy (non-hydrogen) atoms. The van der Waals surface area contributed by atoms with Crippen LogP contribution in [-0.4, -0.2) is 29.6 Å². The van der Waals surface area contributed by atoms with Crippen molar-refractivity contribution in [2.24, 2.45) is 0 Å². The minimum absolute atomic E-state index is 0.161. The first kappa shape index (κ1) is 18.7. The van der Waals surface area contributed by atoms with Crippen LogP contribution in [0.3, 0.4) is 0 Å². The Morgan fingerprint density at radius 1 is 1.29 bits per heavy atom. The quantitative estimate of drug-likeness (QED) is 0.698. The zero-order valence-electron chi connectivity index (χ0n) is 15.5. The van der Waals surface area contributed by atoms with Gasteiger partial charge in [-0.25, -0.2) is 0 Å². The number of aliphatic hydroxyl groups excluding tert-OH is 1. The molecular formula is C22H21ClN2O3. The van der Waals surface area contributed by atoms with Crippen LogP contribution in [0.15, 0.2) is 54.6 Å². The largest absolute Gasteiger partial charge is 0.392 e. The molecule has 3 atom stereocenters. The van der Waals surface area contributed by atoms with E-state index in [2.05, 4.69) is 17.2 Å². The molecule has 2 aromatic carbocycles. The fourth-order valence-electron chi connectivity index (χ4n) is 4.63. The Bertz CT molecular complexity index is 1000. The summed E-state index contributed by atoms with van der Waals surface area (Å²) in [6.45, 7) is 5.60. The van der Waals surface area contributed by atoms with Crippen molar-refractivity contribution in [3.63, 3.8) is 0 Å². The average Bonchev–Trinajstić information content (AvgIpc) is 2.94. The second kappa shape index (κ2) is 6.76.